The zero-order valence-electron chi connectivity index (χ0n) is 11.1. The summed E-state index contributed by atoms with van der Waals surface area (Å²) in [5.74, 6) is -0.0102. The van der Waals surface area contributed by atoms with Crippen LogP contribution >= 0.6 is 0 Å². The fourth-order valence-electron chi connectivity index (χ4n) is 2.34. The number of hydrogen-bond acceptors (Lipinski definition) is 2. The molecule has 98 valence electrons. The maximum Gasteiger partial charge on any atom is 0.335 e. The maximum absolute atomic E-state index is 10.9. The van der Waals surface area contributed by atoms with Crippen molar-refractivity contribution in [2.75, 3.05) is 18.0 Å². The first kappa shape index (κ1) is 12.9. The molecule has 0 aromatic heterocycles. The number of carboxylic acids is 1. The molecule has 0 heterocycles. The Morgan fingerprint density at radius 3 is 2.67 bits per heavy atom. The molecule has 0 bridgehead atoms. The number of carboxylic acid groups (broad SMARTS) is 1. The van der Waals surface area contributed by atoms with Crippen LogP contribution in [-0.2, 0) is 0 Å². The second-order valence-electron chi connectivity index (χ2n) is 5.20. The molecule has 1 aliphatic rings. The summed E-state index contributed by atoms with van der Waals surface area (Å²) in [6.45, 7) is 6.34. The zero-order valence-corrected chi connectivity index (χ0v) is 11.1. The predicted octanol–water partition coefficient (Wildman–Crippen LogP) is 3.32. The van der Waals surface area contributed by atoms with Gasteiger partial charge < -0.3 is 10.0 Å². The summed E-state index contributed by atoms with van der Waals surface area (Å²) < 4.78 is 0. The highest BCUT2D eigenvalue weighted by Gasteiger charge is 2.24. The molecule has 0 aliphatic heterocycles. The molecule has 0 radical (unpaired) electrons. The number of aromatic carboxylic acids is 1. The fraction of sp³-hybridized carbons (Fsp3) is 0.533. The molecular weight excluding hydrogens is 226 g/mol. The zero-order chi connectivity index (χ0) is 13.1. The van der Waals surface area contributed by atoms with Crippen LogP contribution in [0.25, 0.3) is 0 Å². The minimum atomic E-state index is -0.853. The molecule has 1 N–H and O–H groups in total. The molecule has 2 rings (SSSR count). The van der Waals surface area contributed by atoms with Crippen molar-refractivity contribution in [2.24, 2.45) is 5.92 Å². The van der Waals surface area contributed by atoms with Crippen molar-refractivity contribution in [2.45, 2.75) is 33.1 Å². The lowest BCUT2D eigenvalue weighted by Crippen LogP contribution is -2.27. The van der Waals surface area contributed by atoms with Crippen molar-refractivity contribution in [1.29, 1.82) is 0 Å². The van der Waals surface area contributed by atoms with Crippen LogP contribution in [0.4, 0.5) is 5.69 Å². The van der Waals surface area contributed by atoms with E-state index in [1.54, 1.807) is 12.1 Å². The van der Waals surface area contributed by atoms with Gasteiger partial charge in [-0.15, -0.1) is 0 Å². The predicted molar refractivity (Wildman–Crippen MR) is 73.4 cm³/mol. The van der Waals surface area contributed by atoms with Crippen molar-refractivity contribution >= 4 is 11.7 Å². The van der Waals surface area contributed by atoms with Gasteiger partial charge in [-0.3, -0.25) is 0 Å². The van der Waals surface area contributed by atoms with Gasteiger partial charge in [0, 0.05) is 18.8 Å². The van der Waals surface area contributed by atoms with E-state index in [1.165, 1.54) is 18.5 Å². The van der Waals surface area contributed by atoms with E-state index in [-0.39, 0.29) is 0 Å². The third-order valence-corrected chi connectivity index (χ3v) is 3.45. The van der Waals surface area contributed by atoms with E-state index >= 15 is 0 Å². The molecule has 1 fully saturated rings. The van der Waals surface area contributed by atoms with E-state index in [1.807, 2.05) is 13.0 Å². The van der Waals surface area contributed by atoms with Crippen LogP contribution in [-0.4, -0.2) is 24.2 Å². The maximum atomic E-state index is 10.9. The van der Waals surface area contributed by atoms with Crippen LogP contribution in [0.3, 0.4) is 0 Å². The molecule has 0 amide bonds. The van der Waals surface area contributed by atoms with E-state index in [9.17, 15) is 4.79 Å². The standard InChI is InChI=1S/C15H21NO2/c1-3-8-16(10-12-4-5-12)14-7-6-13(15(17)18)9-11(14)2/h6-7,9,12H,3-5,8,10H2,1-2H3,(H,17,18). The number of aryl methyl sites for hydroxylation is 1. The Bertz CT molecular complexity index is 438. The summed E-state index contributed by atoms with van der Waals surface area (Å²) in [6, 6.07) is 5.43. The SMILES string of the molecule is CCCN(CC1CC1)c1ccc(C(=O)O)cc1C. The first-order valence-electron chi connectivity index (χ1n) is 6.70. The molecule has 1 aliphatic carbocycles. The van der Waals surface area contributed by atoms with Crippen LogP contribution in [0.15, 0.2) is 18.2 Å². The van der Waals surface area contributed by atoms with Gasteiger partial charge in [0.1, 0.15) is 0 Å². The summed E-state index contributed by atoms with van der Waals surface area (Å²) in [4.78, 5) is 13.3. The van der Waals surface area contributed by atoms with Gasteiger partial charge in [0.05, 0.1) is 5.56 Å². The van der Waals surface area contributed by atoms with E-state index in [0.717, 1.165) is 31.0 Å². The fourth-order valence-corrected chi connectivity index (χ4v) is 2.34. The number of rotatable bonds is 6. The average molecular weight is 247 g/mol. The molecule has 0 atom stereocenters. The lowest BCUT2D eigenvalue weighted by Gasteiger charge is -2.26. The number of anilines is 1. The lowest BCUT2D eigenvalue weighted by atomic mass is 10.1. The van der Waals surface area contributed by atoms with Gasteiger partial charge >= 0.3 is 5.97 Å². The normalized spacial score (nSPS) is 14.6. The van der Waals surface area contributed by atoms with E-state index in [0.29, 0.717) is 5.56 Å². The molecule has 1 aromatic rings. The first-order valence-corrected chi connectivity index (χ1v) is 6.70. The van der Waals surface area contributed by atoms with E-state index in [2.05, 4.69) is 11.8 Å². The first-order chi connectivity index (χ1) is 8.61. The molecule has 1 saturated carbocycles. The Kier molecular flexibility index (Phi) is 3.90. The lowest BCUT2D eigenvalue weighted by molar-refractivity contribution is 0.0697. The summed E-state index contributed by atoms with van der Waals surface area (Å²) >= 11 is 0. The van der Waals surface area contributed by atoms with Gasteiger partial charge in [-0.1, -0.05) is 6.92 Å². The van der Waals surface area contributed by atoms with Crippen LogP contribution in [0.2, 0.25) is 0 Å². The van der Waals surface area contributed by atoms with Crippen molar-refractivity contribution < 1.29 is 9.90 Å². The smallest absolute Gasteiger partial charge is 0.335 e. The Morgan fingerprint density at radius 1 is 1.44 bits per heavy atom. The second kappa shape index (κ2) is 5.42. The molecule has 3 nitrogen and oxygen atoms in total. The molecule has 0 saturated heterocycles. The Hall–Kier alpha value is -1.51. The molecule has 3 heteroatoms. The van der Waals surface area contributed by atoms with E-state index in [4.69, 9.17) is 5.11 Å². The van der Waals surface area contributed by atoms with Gasteiger partial charge in [0.25, 0.3) is 0 Å². The third kappa shape index (κ3) is 3.03. The van der Waals surface area contributed by atoms with Gasteiger partial charge in [-0.25, -0.2) is 4.79 Å². The van der Waals surface area contributed by atoms with Crippen LogP contribution in [0.1, 0.15) is 42.1 Å². The highest BCUT2D eigenvalue weighted by atomic mass is 16.4. The van der Waals surface area contributed by atoms with Crippen LogP contribution in [0, 0.1) is 12.8 Å². The molecule has 0 unspecified atom stereocenters. The number of benzene rings is 1. The molecular formula is C15H21NO2. The summed E-state index contributed by atoms with van der Waals surface area (Å²) in [5.41, 5.74) is 2.62. The number of hydrogen-bond donors (Lipinski definition) is 1. The second-order valence-corrected chi connectivity index (χ2v) is 5.20. The Labute approximate surface area is 108 Å². The Morgan fingerprint density at radius 2 is 2.17 bits per heavy atom. The van der Waals surface area contributed by atoms with Gasteiger partial charge in [-0.2, -0.15) is 0 Å². The molecule has 1 aromatic carbocycles. The highest BCUT2D eigenvalue weighted by molar-refractivity contribution is 5.88. The topological polar surface area (TPSA) is 40.5 Å². The van der Waals surface area contributed by atoms with E-state index < -0.39 is 5.97 Å². The third-order valence-electron chi connectivity index (χ3n) is 3.45. The van der Waals surface area contributed by atoms with Crippen molar-refractivity contribution in [3.8, 4) is 0 Å². The monoisotopic (exact) mass is 247 g/mol. The molecule has 0 spiro atoms. The summed E-state index contributed by atoms with van der Waals surface area (Å²) in [5, 5.41) is 8.98. The van der Waals surface area contributed by atoms with Crippen molar-refractivity contribution in [3.05, 3.63) is 29.3 Å². The van der Waals surface area contributed by atoms with Gasteiger partial charge in [-0.05, 0) is 55.9 Å². The van der Waals surface area contributed by atoms with Gasteiger partial charge in [0.2, 0.25) is 0 Å². The molecule has 18 heavy (non-hydrogen) atoms. The largest absolute Gasteiger partial charge is 0.478 e. The van der Waals surface area contributed by atoms with Crippen LogP contribution < -0.4 is 4.90 Å². The Balaban J connectivity index is 2.20. The summed E-state index contributed by atoms with van der Waals surface area (Å²) in [7, 11) is 0. The minimum absolute atomic E-state index is 0.374. The summed E-state index contributed by atoms with van der Waals surface area (Å²) in [6.07, 6.45) is 3.80. The van der Waals surface area contributed by atoms with Crippen LogP contribution in [0.5, 0.6) is 0 Å². The van der Waals surface area contributed by atoms with Crippen molar-refractivity contribution in [1.82, 2.24) is 0 Å². The average Bonchev–Trinajstić information content (AvgIpc) is 3.12. The highest BCUT2D eigenvalue weighted by Crippen LogP contribution is 2.32. The van der Waals surface area contributed by atoms with Crippen molar-refractivity contribution in [3.63, 3.8) is 0 Å². The number of carbonyl (C=O) groups is 1. The quantitative estimate of drug-likeness (QED) is 0.838. The van der Waals surface area contributed by atoms with Gasteiger partial charge in [0.15, 0.2) is 0 Å². The minimum Gasteiger partial charge on any atom is -0.478 e. The number of nitrogens with zero attached hydrogens (tertiary/aromatic N) is 1.